The first-order chi connectivity index (χ1) is 10.8. The summed E-state index contributed by atoms with van der Waals surface area (Å²) in [6, 6.07) is 6.50. The average Bonchev–Trinajstić information content (AvgIpc) is 2.54. The lowest BCUT2D eigenvalue weighted by Crippen LogP contribution is -1.79. The molecule has 0 aliphatic rings. The Bertz CT molecular complexity index is 339. The summed E-state index contributed by atoms with van der Waals surface area (Å²) >= 11 is 0. The number of hydrogen-bond donors (Lipinski definition) is 0. The van der Waals surface area contributed by atoms with Gasteiger partial charge in [-0.05, 0) is 37.8 Å². The molecule has 0 aliphatic carbocycles. The van der Waals surface area contributed by atoms with Gasteiger partial charge >= 0.3 is 0 Å². The SMILES string of the molecule is C=CC=C.CC.CCC.CCC(C)C.Cc1ccc(C)c(C)c1. The molecule has 23 heavy (non-hydrogen) atoms. The number of allylic oxidation sites excluding steroid dienone is 2. The van der Waals surface area contributed by atoms with E-state index >= 15 is 0 Å². The highest BCUT2D eigenvalue weighted by Crippen LogP contribution is 2.07. The Morgan fingerprint density at radius 1 is 0.870 bits per heavy atom. The number of benzene rings is 1. The zero-order valence-corrected chi connectivity index (χ0v) is 17.8. The molecule has 0 heterocycles. The molecule has 0 fully saturated rings. The van der Waals surface area contributed by atoms with Crippen molar-refractivity contribution in [2.45, 2.75) is 82.1 Å². The monoisotopic (exact) mass is 320 g/mol. The molecule has 0 aliphatic heterocycles. The van der Waals surface area contributed by atoms with Crippen LogP contribution in [0.4, 0.5) is 0 Å². The van der Waals surface area contributed by atoms with Gasteiger partial charge in [0.1, 0.15) is 0 Å². The summed E-state index contributed by atoms with van der Waals surface area (Å²) in [4.78, 5) is 0. The van der Waals surface area contributed by atoms with Crippen LogP contribution >= 0.6 is 0 Å². The van der Waals surface area contributed by atoms with Gasteiger partial charge < -0.3 is 0 Å². The van der Waals surface area contributed by atoms with Crippen molar-refractivity contribution in [1.82, 2.24) is 0 Å². The molecule has 0 saturated heterocycles. The molecular formula is C23H44. The minimum Gasteiger partial charge on any atom is -0.0991 e. The predicted octanol–water partition coefficient (Wildman–Crippen LogP) is 8.47. The molecule has 0 amide bonds. The van der Waals surface area contributed by atoms with E-state index in [1.165, 1.54) is 29.5 Å². The van der Waals surface area contributed by atoms with E-state index in [1.54, 1.807) is 12.2 Å². The Morgan fingerprint density at radius 2 is 1.22 bits per heavy atom. The minimum atomic E-state index is 0.884. The van der Waals surface area contributed by atoms with Gasteiger partial charge in [0, 0.05) is 0 Å². The third-order valence-electron chi connectivity index (χ3n) is 2.65. The first kappa shape index (κ1) is 29.7. The topological polar surface area (TPSA) is 0 Å². The molecule has 0 atom stereocenters. The fourth-order valence-electron chi connectivity index (χ4n) is 0.891. The molecule has 0 saturated carbocycles. The zero-order chi connectivity index (χ0) is 19.3. The smallest absolute Gasteiger partial charge is 0.0395 e. The highest BCUT2D eigenvalue weighted by Gasteiger charge is 1.89. The molecule has 0 nitrogen and oxygen atoms in total. The first-order valence-corrected chi connectivity index (χ1v) is 9.07. The van der Waals surface area contributed by atoms with Crippen molar-refractivity contribution in [3.8, 4) is 0 Å². The molecule has 0 spiro atoms. The molecule has 0 aromatic heterocycles. The van der Waals surface area contributed by atoms with E-state index in [9.17, 15) is 0 Å². The quantitative estimate of drug-likeness (QED) is 0.479. The van der Waals surface area contributed by atoms with Crippen molar-refractivity contribution < 1.29 is 0 Å². The third kappa shape index (κ3) is 33.5. The van der Waals surface area contributed by atoms with E-state index in [0.717, 1.165) is 5.92 Å². The van der Waals surface area contributed by atoms with Crippen molar-refractivity contribution in [3.05, 3.63) is 60.2 Å². The van der Waals surface area contributed by atoms with Crippen molar-refractivity contribution in [3.63, 3.8) is 0 Å². The summed E-state index contributed by atoms with van der Waals surface area (Å²) in [6.07, 6.45) is 5.83. The van der Waals surface area contributed by atoms with Crippen molar-refractivity contribution in [2.75, 3.05) is 0 Å². The van der Waals surface area contributed by atoms with Crippen molar-refractivity contribution in [1.29, 1.82) is 0 Å². The summed E-state index contributed by atoms with van der Waals surface area (Å²) in [5.74, 6) is 0.884. The Morgan fingerprint density at radius 3 is 1.39 bits per heavy atom. The second-order valence-electron chi connectivity index (χ2n) is 5.57. The van der Waals surface area contributed by atoms with Crippen LogP contribution in [0.25, 0.3) is 0 Å². The molecule has 1 aromatic carbocycles. The van der Waals surface area contributed by atoms with E-state index in [1.807, 2.05) is 13.8 Å². The number of rotatable bonds is 2. The van der Waals surface area contributed by atoms with Crippen molar-refractivity contribution in [2.24, 2.45) is 5.92 Å². The van der Waals surface area contributed by atoms with E-state index in [-0.39, 0.29) is 0 Å². The summed E-state index contributed by atoms with van der Waals surface area (Å²) in [6.45, 7) is 28.0. The molecule has 0 bridgehead atoms. The standard InChI is InChI=1S/C9H12.C5H12.C4H6.C3H8.C2H6/c1-7-4-5-8(2)9(3)6-7;1-4-5(2)3;1-3-4-2;1-3-2;1-2/h4-6H,1-3H3;5H,4H2,1-3H3;3-4H,1-2H2;3H2,1-2H3;1-2H3. The van der Waals surface area contributed by atoms with Crippen LogP contribution in [0.5, 0.6) is 0 Å². The lowest BCUT2D eigenvalue weighted by molar-refractivity contribution is 0.626. The normalized spacial score (nSPS) is 7.78. The lowest BCUT2D eigenvalue weighted by Gasteiger charge is -1.98. The molecule has 136 valence electrons. The first-order valence-electron chi connectivity index (χ1n) is 9.07. The van der Waals surface area contributed by atoms with Crippen LogP contribution < -0.4 is 0 Å². The maximum absolute atomic E-state index is 3.36. The second-order valence-corrected chi connectivity index (χ2v) is 5.57. The maximum Gasteiger partial charge on any atom is -0.0395 e. The molecule has 1 rings (SSSR count). The summed E-state index contributed by atoms with van der Waals surface area (Å²) in [5, 5.41) is 0. The van der Waals surface area contributed by atoms with E-state index < -0.39 is 0 Å². The van der Waals surface area contributed by atoms with Crippen LogP contribution in [0.2, 0.25) is 0 Å². The van der Waals surface area contributed by atoms with Crippen LogP contribution in [0.3, 0.4) is 0 Å². The Kier molecular flexibility index (Phi) is 33.1. The van der Waals surface area contributed by atoms with Gasteiger partial charge in [-0.3, -0.25) is 0 Å². The van der Waals surface area contributed by atoms with Gasteiger partial charge in [-0.2, -0.15) is 0 Å². The van der Waals surface area contributed by atoms with Crippen molar-refractivity contribution >= 4 is 0 Å². The van der Waals surface area contributed by atoms with E-state index in [0.29, 0.717) is 0 Å². The lowest BCUT2D eigenvalue weighted by atomic mass is 10.1. The number of aryl methyl sites for hydroxylation is 3. The number of hydrogen-bond acceptors (Lipinski definition) is 0. The summed E-state index contributed by atoms with van der Waals surface area (Å²) in [5.41, 5.74) is 4.11. The van der Waals surface area contributed by atoms with E-state index in [4.69, 9.17) is 0 Å². The summed E-state index contributed by atoms with van der Waals surface area (Å²) < 4.78 is 0. The molecule has 0 N–H and O–H groups in total. The largest absolute Gasteiger partial charge is 0.0991 e. The van der Waals surface area contributed by atoms with Gasteiger partial charge in [0.25, 0.3) is 0 Å². The van der Waals surface area contributed by atoms with Crippen LogP contribution in [0.15, 0.2) is 43.5 Å². The fourth-order valence-corrected chi connectivity index (χ4v) is 0.891. The zero-order valence-electron chi connectivity index (χ0n) is 17.8. The minimum absolute atomic E-state index is 0.884. The van der Waals surface area contributed by atoms with E-state index in [2.05, 4.69) is 86.7 Å². The Hall–Kier alpha value is -1.30. The fraction of sp³-hybridized carbons (Fsp3) is 0.565. The van der Waals surface area contributed by atoms with Gasteiger partial charge in [-0.15, -0.1) is 0 Å². The van der Waals surface area contributed by atoms with Crippen LogP contribution in [0, 0.1) is 26.7 Å². The highest BCUT2D eigenvalue weighted by atomic mass is 13.9. The molecular weight excluding hydrogens is 276 g/mol. The van der Waals surface area contributed by atoms with Gasteiger partial charge in [0.15, 0.2) is 0 Å². The molecule has 0 heteroatoms. The molecule has 0 unspecified atom stereocenters. The van der Waals surface area contributed by atoms with Gasteiger partial charge in [-0.1, -0.05) is 110 Å². The van der Waals surface area contributed by atoms with Crippen LogP contribution in [-0.4, -0.2) is 0 Å². The van der Waals surface area contributed by atoms with Gasteiger partial charge in [0.05, 0.1) is 0 Å². The maximum atomic E-state index is 3.36. The van der Waals surface area contributed by atoms with Crippen LogP contribution in [-0.2, 0) is 0 Å². The highest BCUT2D eigenvalue weighted by molar-refractivity contribution is 5.28. The van der Waals surface area contributed by atoms with Crippen LogP contribution in [0.1, 0.15) is 78.0 Å². The Balaban J connectivity index is -0.000000111. The van der Waals surface area contributed by atoms with Gasteiger partial charge in [0.2, 0.25) is 0 Å². The molecule has 0 radical (unpaired) electrons. The Labute approximate surface area is 148 Å². The third-order valence-corrected chi connectivity index (χ3v) is 2.65. The summed E-state index contributed by atoms with van der Waals surface area (Å²) in [7, 11) is 0. The average molecular weight is 321 g/mol. The second kappa shape index (κ2) is 25.6. The van der Waals surface area contributed by atoms with Gasteiger partial charge in [-0.25, -0.2) is 0 Å². The molecule has 1 aromatic rings. The predicted molar refractivity (Wildman–Crippen MR) is 113 cm³/mol.